The van der Waals surface area contributed by atoms with Crippen molar-refractivity contribution < 1.29 is 5.11 Å². The third-order valence-corrected chi connectivity index (χ3v) is 7.12. The molecule has 0 aliphatic heterocycles. The lowest BCUT2D eigenvalue weighted by Crippen LogP contribution is -2.20. The van der Waals surface area contributed by atoms with Crippen LogP contribution in [0.4, 0.5) is 5.82 Å². The summed E-state index contributed by atoms with van der Waals surface area (Å²) in [6.45, 7) is 2.98. The highest BCUT2D eigenvalue weighted by Gasteiger charge is 2.21. The number of rotatable bonds is 8. The van der Waals surface area contributed by atoms with Gasteiger partial charge in [0.2, 0.25) is 0 Å². The first-order valence-electron chi connectivity index (χ1n) is 12.5. The van der Waals surface area contributed by atoms with Crippen molar-refractivity contribution in [2.45, 2.75) is 26.4 Å². The number of anilines is 1. The summed E-state index contributed by atoms with van der Waals surface area (Å²) >= 11 is 7.21. The van der Waals surface area contributed by atoms with Crippen LogP contribution < -0.4 is 4.90 Å². The van der Waals surface area contributed by atoms with Gasteiger partial charge < -0.3 is 14.6 Å². The Labute approximate surface area is 222 Å². The van der Waals surface area contributed by atoms with E-state index in [0.29, 0.717) is 5.02 Å². The summed E-state index contributed by atoms with van der Waals surface area (Å²) < 4.78 is 1.93. The highest BCUT2D eigenvalue weighted by molar-refractivity contribution is 6.39. The normalized spacial score (nSPS) is 11.3. The predicted molar refractivity (Wildman–Crippen MR) is 152 cm³/mol. The van der Waals surface area contributed by atoms with Gasteiger partial charge in [-0.05, 0) is 41.3 Å². The van der Waals surface area contributed by atoms with E-state index in [-0.39, 0.29) is 6.61 Å². The number of aliphatic hydroxyl groups excluding tert-OH is 1. The molecular formula is C30H30ClN5O. The minimum atomic E-state index is -0.108. The Morgan fingerprint density at radius 3 is 2.54 bits per heavy atom. The number of hydrogen-bond acceptors (Lipinski definition) is 5. The number of hydrogen-bond donors (Lipinski definition) is 1. The summed E-state index contributed by atoms with van der Waals surface area (Å²) in [5.74, 6) is 0.873. The fraction of sp³-hybridized carbons (Fsp3) is 0.233. The molecule has 0 radical (unpaired) electrons. The standard InChI is InChI=1S/C30H30ClN5O/c1-4-5-15-35(2)30-27(20-9-7-6-8-10-20)28(31)23-16-21(11-12-24(23)34-30)26-22(18-37)13-14-33-29(26)25-17-32-19-36(25)3/h6-14,16-17,19,37H,4-5,15,18H2,1-3H3. The van der Waals surface area contributed by atoms with Crippen molar-refractivity contribution in [3.8, 4) is 33.6 Å². The highest BCUT2D eigenvalue weighted by atomic mass is 35.5. The van der Waals surface area contributed by atoms with Gasteiger partial charge in [0, 0.05) is 43.4 Å². The molecule has 5 rings (SSSR count). The van der Waals surface area contributed by atoms with Crippen molar-refractivity contribution in [2.75, 3.05) is 18.5 Å². The first-order valence-corrected chi connectivity index (χ1v) is 12.9. The van der Waals surface area contributed by atoms with Crippen LogP contribution in [0.2, 0.25) is 5.02 Å². The smallest absolute Gasteiger partial charge is 0.138 e. The maximum atomic E-state index is 10.2. The summed E-state index contributed by atoms with van der Waals surface area (Å²) in [5.41, 5.74) is 6.95. The highest BCUT2D eigenvalue weighted by Crippen LogP contribution is 2.42. The molecule has 5 aromatic rings. The van der Waals surface area contributed by atoms with Crippen LogP contribution in [0.1, 0.15) is 25.3 Å². The molecule has 7 heteroatoms. The molecule has 0 unspecified atom stereocenters. The van der Waals surface area contributed by atoms with Gasteiger partial charge in [-0.2, -0.15) is 0 Å². The van der Waals surface area contributed by atoms with Gasteiger partial charge in [-0.25, -0.2) is 9.97 Å². The zero-order chi connectivity index (χ0) is 25.9. The van der Waals surface area contributed by atoms with E-state index in [1.54, 1.807) is 18.7 Å². The van der Waals surface area contributed by atoms with Crippen molar-refractivity contribution in [1.29, 1.82) is 0 Å². The number of aromatic nitrogens is 4. The summed E-state index contributed by atoms with van der Waals surface area (Å²) in [6, 6.07) is 18.1. The van der Waals surface area contributed by atoms with Gasteiger partial charge in [0.15, 0.2) is 0 Å². The van der Waals surface area contributed by atoms with Crippen molar-refractivity contribution >= 4 is 28.3 Å². The Hall–Kier alpha value is -3.74. The van der Waals surface area contributed by atoms with Gasteiger partial charge in [0.25, 0.3) is 0 Å². The molecule has 0 fully saturated rings. The number of unbranched alkanes of at least 4 members (excludes halogenated alkanes) is 1. The molecule has 0 bridgehead atoms. The number of aliphatic hydroxyl groups is 1. The minimum absolute atomic E-state index is 0.108. The van der Waals surface area contributed by atoms with E-state index in [1.807, 2.05) is 48.0 Å². The van der Waals surface area contributed by atoms with Crippen LogP contribution in [0.3, 0.4) is 0 Å². The van der Waals surface area contributed by atoms with E-state index in [9.17, 15) is 5.11 Å². The number of pyridine rings is 2. The van der Waals surface area contributed by atoms with Crippen LogP contribution in [0.25, 0.3) is 44.5 Å². The Kier molecular flexibility index (Phi) is 7.22. The lowest BCUT2D eigenvalue weighted by molar-refractivity contribution is 0.282. The molecule has 2 aromatic carbocycles. The molecule has 0 aliphatic carbocycles. The lowest BCUT2D eigenvalue weighted by Gasteiger charge is -2.23. The zero-order valence-corrected chi connectivity index (χ0v) is 22.1. The fourth-order valence-electron chi connectivity index (χ4n) is 4.74. The van der Waals surface area contributed by atoms with Gasteiger partial charge in [-0.3, -0.25) is 4.98 Å². The van der Waals surface area contributed by atoms with Crippen LogP contribution in [-0.4, -0.2) is 38.2 Å². The predicted octanol–water partition coefficient (Wildman–Crippen LogP) is 6.75. The molecule has 1 N–H and O–H groups in total. The van der Waals surface area contributed by atoms with Crippen molar-refractivity contribution in [3.05, 3.63) is 83.9 Å². The van der Waals surface area contributed by atoms with Crippen LogP contribution in [0, 0.1) is 0 Å². The first-order chi connectivity index (χ1) is 18.0. The summed E-state index contributed by atoms with van der Waals surface area (Å²) in [6.07, 6.45) is 7.43. The lowest BCUT2D eigenvalue weighted by atomic mass is 9.95. The van der Waals surface area contributed by atoms with Crippen LogP contribution in [0.5, 0.6) is 0 Å². The molecule has 6 nitrogen and oxygen atoms in total. The second-order valence-corrected chi connectivity index (χ2v) is 9.62. The molecule has 188 valence electrons. The Morgan fingerprint density at radius 1 is 1.03 bits per heavy atom. The van der Waals surface area contributed by atoms with E-state index >= 15 is 0 Å². The third-order valence-electron chi connectivity index (χ3n) is 6.73. The monoisotopic (exact) mass is 511 g/mol. The molecule has 0 spiro atoms. The molecule has 0 saturated carbocycles. The number of nitrogens with zero attached hydrogens (tertiary/aromatic N) is 5. The zero-order valence-electron chi connectivity index (χ0n) is 21.3. The molecule has 3 heterocycles. The summed E-state index contributed by atoms with van der Waals surface area (Å²) in [4.78, 5) is 16.2. The van der Waals surface area contributed by atoms with Gasteiger partial charge in [-0.1, -0.05) is 61.3 Å². The molecule has 0 aliphatic rings. The number of fused-ring (bicyclic) bond motifs is 1. The van der Waals surface area contributed by atoms with Crippen LogP contribution in [-0.2, 0) is 13.7 Å². The van der Waals surface area contributed by atoms with E-state index < -0.39 is 0 Å². The third kappa shape index (κ3) is 4.70. The quantitative estimate of drug-likeness (QED) is 0.249. The van der Waals surface area contributed by atoms with Gasteiger partial charge in [0.05, 0.1) is 41.1 Å². The Balaban J connectivity index is 1.75. The van der Waals surface area contributed by atoms with Gasteiger partial charge in [0.1, 0.15) is 5.82 Å². The molecule has 0 atom stereocenters. The van der Waals surface area contributed by atoms with Gasteiger partial charge >= 0.3 is 0 Å². The topological polar surface area (TPSA) is 67.1 Å². The number of benzene rings is 2. The number of imidazole rings is 1. The van der Waals surface area contributed by atoms with Crippen molar-refractivity contribution in [2.24, 2.45) is 7.05 Å². The summed E-state index contributed by atoms with van der Waals surface area (Å²) in [7, 11) is 4.01. The largest absolute Gasteiger partial charge is 0.392 e. The number of aryl methyl sites for hydroxylation is 1. The second kappa shape index (κ2) is 10.7. The maximum absolute atomic E-state index is 10.2. The Morgan fingerprint density at radius 2 is 1.84 bits per heavy atom. The molecular weight excluding hydrogens is 482 g/mol. The maximum Gasteiger partial charge on any atom is 0.138 e. The van der Waals surface area contributed by atoms with Crippen molar-refractivity contribution in [1.82, 2.24) is 19.5 Å². The van der Waals surface area contributed by atoms with E-state index in [1.165, 1.54) is 0 Å². The first kappa shape index (κ1) is 24.9. The SMILES string of the molecule is CCCCN(C)c1nc2ccc(-c3c(CO)ccnc3-c3cncn3C)cc2c(Cl)c1-c1ccccc1. The molecule has 3 aromatic heterocycles. The van der Waals surface area contributed by atoms with E-state index in [4.69, 9.17) is 16.6 Å². The van der Waals surface area contributed by atoms with Crippen LogP contribution in [0.15, 0.2) is 73.3 Å². The molecule has 37 heavy (non-hydrogen) atoms. The minimum Gasteiger partial charge on any atom is -0.392 e. The number of halogens is 1. The second-order valence-electron chi connectivity index (χ2n) is 9.24. The van der Waals surface area contributed by atoms with Crippen molar-refractivity contribution in [3.63, 3.8) is 0 Å². The summed E-state index contributed by atoms with van der Waals surface area (Å²) in [5, 5.41) is 11.7. The average molecular weight is 512 g/mol. The molecule has 0 saturated heterocycles. The van der Waals surface area contributed by atoms with E-state index in [2.05, 4.69) is 47.0 Å². The van der Waals surface area contributed by atoms with Crippen LogP contribution >= 0.6 is 11.6 Å². The van der Waals surface area contributed by atoms with E-state index in [0.717, 1.165) is 75.3 Å². The Bertz CT molecular complexity index is 1550. The fourth-order valence-corrected chi connectivity index (χ4v) is 5.09. The average Bonchev–Trinajstić information content (AvgIpc) is 3.37. The van der Waals surface area contributed by atoms with Gasteiger partial charge in [-0.15, -0.1) is 0 Å². The molecule has 0 amide bonds.